The van der Waals surface area contributed by atoms with Gasteiger partial charge in [0.2, 0.25) is 0 Å². The van der Waals surface area contributed by atoms with E-state index in [-0.39, 0.29) is 10.8 Å². The summed E-state index contributed by atoms with van der Waals surface area (Å²) in [5, 5.41) is 3.67. The fourth-order valence-corrected chi connectivity index (χ4v) is 3.12. The molecule has 1 aromatic carbocycles. The molecule has 0 aromatic heterocycles. The Morgan fingerprint density at radius 2 is 2.05 bits per heavy atom. The topological polar surface area (TPSA) is 12.0 Å². The molecule has 116 valence electrons. The van der Waals surface area contributed by atoms with Gasteiger partial charge in [-0.1, -0.05) is 68.5 Å². The number of nitrogens with one attached hydrogen (secondary N) is 1. The van der Waals surface area contributed by atoms with Crippen molar-refractivity contribution in [2.24, 2.45) is 5.92 Å². The van der Waals surface area contributed by atoms with Gasteiger partial charge >= 0.3 is 0 Å². The summed E-state index contributed by atoms with van der Waals surface area (Å²) in [5.74, 6) is 0.264. The summed E-state index contributed by atoms with van der Waals surface area (Å²) < 4.78 is 14.1. The molecule has 3 heteroatoms. The maximum Gasteiger partial charge on any atom is 0.148 e. The van der Waals surface area contributed by atoms with Crippen LogP contribution >= 0.6 is 11.6 Å². The molecule has 2 rings (SSSR count). The van der Waals surface area contributed by atoms with Gasteiger partial charge in [0.15, 0.2) is 0 Å². The van der Waals surface area contributed by atoms with Gasteiger partial charge in [0.1, 0.15) is 5.82 Å². The highest BCUT2D eigenvalue weighted by atomic mass is 35.5. The van der Waals surface area contributed by atoms with Crippen LogP contribution in [-0.4, -0.2) is 12.6 Å². The standard InChI is InChI=1S/C18H25ClFN/c1-13(2)21-12-16(14-7-4-3-5-8-14)11-15-9-6-10-17(19)18(15)20/h6,9-11,13-14,21H,3-5,7-8,12H2,1-2H3/b16-11-. The third-order valence-electron chi connectivity index (χ3n) is 4.17. The Kier molecular flexibility index (Phi) is 6.25. The smallest absolute Gasteiger partial charge is 0.148 e. The van der Waals surface area contributed by atoms with Crippen molar-refractivity contribution in [3.05, 3.63) is 40.2 Å². The Morgan fingerprint density at radius 3 is 2.71 bits per heavy atom. The summed E-state index contributed by atoms with van der Waals surface area (Å²) in [6, 6.07) is 5.65. The lowest BCUT2D eigenvalue weighted by Gasteiger charge is -2.26. The molecule has 0 radical (unpaired) electrons. The Bertz CT molecular complexity index is 490. The molecule has 1 fully saturated rings. The SMILES string of the molecule is CC(C)NC/C(=C/c1cccc(Cl)c1F)C1CCCCC1. The monoisotopic (exact) mass is 309 g/mol. The van der Waals surface area contributed by atoms with E-state index in [4.69, 9.17) is 11.6 Å². The zero-order chi connectivity index (χ0) is 15.2. The van der Waals surface area contributed by atoms with Crippen molar-refractivity contribution in [3.8, 4) is 0 Å². The van der Waals surface area contributed by atoms with Crippen molar-refractivity contribution >= 4 is 17.7 Å². The van der Waals surface area contributed by atoms with E-state index in [0.29, 0.717) is 17.5 Å². The highest BCUT2D eigenvalue weighted by molar-refractivity contribution is 6.30. The van der Waals surface area contributed by atoms with E-state index in [0.717, 1.165) is 6.54 Å². The average molecular weight is 310 g/mol. The molecule has 1 nitrogen and oxygen atoms in total. The Morgan fingerprint density at radius 1 is 1.33 bits per heavy atom. The van der Waals surface area contributed by atoms with Crippen LogP contribution in [0, 0.1) is 11.7 Å². The number of halogens is 2. The van der Waals surface area contributed by atoms with Crippen LogP contribution in [0.1, 0.15) is 51.5 Å². The zero-order valence-corrected chi connectivity index (χ0v) is 13.7. The molecule has 0 spiro atoms. The van der Waals surface area contributed by atoms with Crippen molar-refractivity contribution < 1.29 is 4.39 Å². The normalized spacial score (nSPS) is 17.5. The first-order valence-corrected chi connectivity index (χ1v) is 8.33. The molecule has 0 heterocycles. The molecule has 1 aliphatic carbocycles. The summed E-state index contributed by atoms with van der Waals surface area (Å²) >= 11 is 5.89. The second kappa shape index (κ2) is 7.95. The second-order valence-electron chi connectivity index (χ2n) is 6.23. The summed E-state index contributed by atoms with van der Waals surface area (Å²) in [4.78, 5) is 0. The first kappa shape index (κ1) is 16.5. The molecule has 0 aliphatic heterocycles. The Labute approximate surface area is 132 Å². The van der Waals surface area contributed by atoms with Crippen LogP contribution in [-0.2, 0) is 0 Å². The highest BCUT2D eigenvalue weighted by Crippen LogP contribution is 2.31. The fourth-order valence-electron chi connectivity index (χ4n) is 2.94. The predicted molar refractivity (Wildman–Crippen MR) is 89.1 cm³/mol. The molecule has 0 atom stereocenters. The lowest BCUT2D eigenvalue weighted by molar-refractivity contribution is 0.394. The summed E-state index contributed by atoms with van der Waals surface area (Å²) in [6.45, 7) is 5.10. The largest absolute Gasteiger partial charge is 0.311 e. The van der Waals surface area contributed by atoms with Gasteiger partial charge in [0, 0.05) is 18.2 Å². The molecule has 1 N–H and O–H groups in total. The molecule has 0 unspecified atom stereocenters. The van der Waals surface area contributed by atoms with Crippen LogP contribution in [0.15, 0.2) is 23.8 Å². The molecule has 1 aromatic rings. The number of benzene rings is 1. The summed E-state index contributed by atoms with van der Waals surface area (Å²) in [6.07, 6.45) is 8.32. The minimum absolute atomic E-state index is 0.198. The van der Waals surface area contributed by atoms with Crippen LogP contribution in [0.4, 0.5) is 4.39 Å². The van der Waals surface area contributed by atoms with Crippen molar-refractivity contribution in [1.29, 1.82) is 0 Å². The van der Waals surface area contributed by atoms with Crippen LogP contribution < -0.4 is 5.32 Å². The molecular formula is C18H25ClFN. The number of hydrogen-bond donors (Lipinski definition) is 1. The van der Waals surface area contributed by atoms with Gasteiger partial charge in [-0.05, 0) is 24.8 Å². The van der Waals surface area contributed by atoms with Crippen molar-refractivity contribution in [2.45, 2.75) is 52.0 Å². The first-order valence-electron chi connectivity index (χ1n) is 7.95. The maximum atomic E-state index is 14.1. The zero-order valence-electron chi connectivity index (χ0n) is 13.0. The first-order chi connectivity index (χ1) is 10.1. The van der Waals surface area contributed by atoms with Gasteiger partial charge < -0.3 is 5.32 Å². The molecule has 21 heavy (non-hydrogen) atoms. The van der Waals surface area contributed by atoms with E-state index in [1.807, 2.05) is 12.1 Å². The molecule has 1 saturated carbocycles. The summed E-state index contributed by atoms with van der Waals surface area (Å²) in [5.41, 5.74) is 1.91. The summed E-state index contributed by atoms with van der Waals surface area (Å²) in [7, 11) is 0. The molecule has 0 saturated heterocycles. The number of hydrogen-bond acceptors (Lipinski definition) is 1. The second-order valence-corrected chi connectivity index (χ2v) is 6.64. The van der Waals surface area contributed by atoms with Crippen molar-refractivity contribution in [1.82, 2.24) is 5.32 Å². The van der Waals surface area contributed by atoms with E-state index in [1.54, 1.807) is 12.1 Å². The third-order valence-corrected chi connectivity index (χ3v) is 4.46. The van der Waals surface area contributed by atoms with Crippen molar-refractivity contribution in [3.63, 3.8) is 0 Å². The lowest BCUT2D eigenvalue weighted by atomic mass is 9.83. The van der Waals surface area contributed by atoms with Crippen LogP contribution in [0.3, 0.4) is 0 Å². The van der Waals surface area contributed by atoms with Crippen molar-refractivity contribution in [2.75, 3.05) is 6.54 Å². The van der Waals surface area contributed by atoms with Gasteiger partial charge in [-0.3, -0.25) is 0 Å². The minimum Gasteiger partial charge on any atom is -0.311 e. The van der Waals surface area contributed by atoms with Gasteiger partial charge in [-0.15, -0.1) is 0 Å². The van der Waals surface area contributed by atoms with E-state index in [1.165, 1.54) is 37.7 Å². The van der Waals surface area contributed by atoms with Gasteiger partial charge in [-0.2, -0.15) is 0 Å². The van der Waals surface area contributed by atoms with E-state index in [2.05, 4.69) is 19.2 Å². The van der Waals surface area contributed by atoms with E-state index < -0.39 is 0 Å². The maximum absolute atomic E-state index is 14.1. The molecule has 0 amide bonds. The van der Waals surface area contributed by atoms with Gasteiger partial charge in [-0.25, -0.2) is 4.39 Å². The molecular weight excluding hydrogens is 285 g/mol. The Hall–Kier alpha value is -0.860. The quantitative estimate of drug-likeness (QED) is 0.763. The van der Waals surface area contributed by atoms with Gasteiger partial charge in [0.25, 0.3) is 0 Å². The lowest BCUT2D eigenvalue weighted by Crippen LogP contribution is -2.28. The third kappa shape index (κ3) is 4.82. The molecule has 0 bridgehead atoms. The van der Waals surface area contributed by atoms with Crippen LogP contribution in [0.5, 0.6) is 0 Å². The predicted octanol–water partition coefficient (Wildman–Crippen LogP) is 5.44. The van der Waals surface area contributed by atoms with Crippen LogP contribution in [0.2, 0.25) is 5.02 Å². The minimum atomic E-state index is -0.308. The Balaban J connectivity index is 2.24. The van der Waals surface area contributed by atoms with E-state index in [9.17, 15) is 4.39 Å². The average Bonchev–Trinajstić information content (AvgIpc) is 2.48. The number of rotatable bonds is 5. The highest BCUT2D eigenvalue weighted by Gasteiger charge is 2.18. The fraction of sp³-hybridized carbons (Fsp3) is 0.556. The van der Waals surface area contributed by atoms with Crippen LogP contribution in [0.25, 0.3) is 6.08 Å². The van der Waals surface area contributed by atoms with E-state index >= 15 is 0 Å². The van der Waals surface area contributed by atoms with Gasteiger partial charge in [0.05, 0.1) is 5.02 Å². The molecule has 1 aliphatic rings.